The van der Waals surface area contributed by atoms with Crippen molar-refractivity contribution in [1.29, 1.82) is 0 Å². The number of rotatable bonds is 4. The van der Waals surface area contributed by atoms with Gasteiger partial charge < -0.3 is 15.8 Å². The number of carbonyl (C=O) groups is 1. The number of nitrogens with one attached hydrogen (secondary N) is 1. The lowest BCUT2D eigenvalue weighted by Crippen LogP contribution is -2.43. The molecule has 1 atom stereocenters. The van der Waals surface area contributed by atoms with Gasteiger partial charge in [-0.2, -0.15) is 0 Å². The molecule has 1 unspecified atom stereocenters. The van der Waals surface area contributed by atoms with Crippen LogP contribution < -0.4 is 11.1 Å². The van der Waals surface area contributed by atoms with Gasteiger partial charge in [0.15, 0.2) is 4.96 Å². The van der Waals surface area contributed by atoms with Gasteiger partial charge in [-0.1, -0.05) is 12.1 Å². The molecule has 2 aromatic heterocycles. The van der Waals surface area contributed by atoms with E-state index in [2.05, 4.69) is 10.3 Å². The van der Waals surface area contributed by atoms with Crippen LogP contribution in [0.25, 0.3) is 16.2 Å². The van der Waals surface area contributed by atoms with Gasteiger partial charge in [-0.25, -0.2) is 4.98 Å². The van der Waals surface area contributed by atoms with Crippen LogP contribution in [0.2, 0.25) is 0 Å². The zero-order valence-electron chi connectivity index (χ0n) is 13.7. The van der Waals surface area contributed by atoms with Crippen molar-refractivity contribution in [2.45, 2.75) is 18.9 Å². The molecule has 1 aromatic carbocycles. The van der Waals surface area contributed by atoms with Crippen molar-refractivity contribution in [3.8, 4) is 11.3 Å². The van der Waals surface area contributed by atoms with Crippen molar-refractivity contribution >= 4 is 27.9 Å². The highest BCUT2D eigenvalue weighted by molar-refractivity contribution is 7.15. The summed E-state index contributed by atoms with van der Waals surface area (Å²) in [6, 6.07) is 7.20. The highest BCUT2D eigenvalue weighted by atomic mass is 32.1. The molecule has 3 aromatic rings. The monoisotopic (exact) mass is 356 g/mol. The smallest absolute Gasteiger partial charge is 0.241 e. The molecule has 7 heteroatoms. The first-order valence-electron chi connectivity index (χ1n) is 8.37. The molecular weight excluding hydrogens is 336 g/mol. The lowest BCUT2D eigenvalue weighted by Gasteiger charge is -2.26. The van der Waals surface area contributed by atoms with E-state index in [1.54, 1.807) is 11.3 Å². The van der Waals surface area contributed by atoms with Gasteiger partial charge in [0.1, 0.15) is 0 Å². The summed E-state index contributed by atoms with van der Waals surface area (Å²) in [7, 11) is 0. The Labute approximate surface area is 149 Å². The maximum Gasteiger partial charge on any atom is 0.241 e. The molecule has 1 aliphatic rings. The van der Waals surface area contributed by atoms with Crippen LogP contribution >= 0.6 is 11.3 Å². The molecule has 0 bridgehead atoms. The average molecular weight is 356 g/mol. The molecule has 0 spiro atoms. The first-order chi connectivity index (χ1) is 12.2. The minimum atomic E-state index is -0.497. The quantitative estimate of drug-likeness (QED) is 0.753. The molecule has 3 heterocycles. The summed E-state index contributed by atoms with van der Waals surface area (Å²) < 4.78 is 7.33. The van der Waals surface area contributed by atoms with Crippen molar-refractivity contribution in [3.05, 3.63) is 42.0 Å². The molecule has 0 saturated carbocycles. The zero-order valence-corrected chi connectivity index (χ0v) is 14.5. The summed E-state index contributed by atoms with van der Waals surface area (Å²) >= 11 is 1.60. The second-order valence-corrected chi connectivity index (χ2v) is 7.13. The Morgan fingerprint density at radius 2 is 2.08 bits per heavy atom. The fourth-order valence-corrected chi connectivity index (χ4v) is 3.81. The van der Waals surface area contributed by atoms with Crippen molar-refractivity contribution in [3.63, 3.8) is 0 Å². The van der Waals surface area contributed by atoms with E-state index in [1.165, 1.54) is 0 Å². The van der Waals surface area contributed by atoms with Crippen LogP contribution in [0.3, 0.4) is 0 Å². The van der Waals surface area contributed by atoms with Crippen LogP contribution in [-0.2, 0) is 9.53 Å². The number of benzene rings is 1. The van der Waals surface area contributed by atoms with Gasteiger partial charge >= 0.3 is 0 Å². The standard InChI is InChI=1S/C18H20N4O2S/c19-16(13-5-8-24-9-6-13)17(23)20-14-3-1-12(2-4-14)15-11-22-7-10-25-18(22)21-15/h1-4,7,10-11,13,16H,5-6,8-9,19H2,(H,20,23). The number of thiazole rings is 1. The Hall–Kier alpha value is -2.22. The first kappa shape index (κ1) is 16.3. The van der Waals surface area contributed by atoms with Gasteiger partial charge in [-0.05, 0) is 30.9 Å². The predicted molar refractivity (Wildman–Crippen MR) is 98.7 cm³/mol. The van der Waals surface area contributed by atoms with Gasteiger partial charge in [-0.15, -0.1) is 11.3 Å². The molecule has 1 fully saturated rings. The summed E-state index contributed by atoms with van der Waals surface area (Å²) in [4.78, 5) is 17.9. The average Bonchev–Trinajstić information content (AvgIpc) is 3.24. The number of nitrogens with zero attached hydrogens (tertiary/aromatic N) is 2. The third kappa shape index (κ3) is 3.44. The largest absolute Gasteiger partial charge is 0.381 e. The van der Waals surface area contributed by atoms with Crippen LogP contribution in [0, 0.1) is 5.92 Å². The number of fused-ring (bicyclic) bond motifs is 1. The molecule has 3 N–H and O–H groups in total. The molecule has 0 radical (unpaired) electrons. The SMILES string of the molecule is NC(C(=O)Nc1ccc(-c2cn3ccsc3n2)cc1)C1CCOCC1. The molecule has 6 nitrogen and oxygen atoms in total. The highest BCUT2D eigenvalue weighted by Gasteiger charge is 2.26. The highest BCUT2D eigenvalue weighted by Crippen LogP contribution is 2.24. The number of anilines is 1. The fraction of sp³-hybridized carbons (Fsp3) is 0.333. The van der Waals surface area contributed by atoms with Gasteiger partial charge in [0.05, 0.1) is 11.7 Å². The fourth-order valence-electron chi connectivity index (χ4n) is 3.11. The zero-order chi connectivity index (χ0) is 17.2. The molecule has 0 aliphatic carbocycles. The lowest BCUT2D eigenvalue weighted by atomic mass is 9.92. The molecule has 130 valence electrons. The number of ether oxygens (including phenoxy) is 1. The van der Waals surface area contributed by atoms with E-state index in [4.69, 9.17) is 10.5 Å². The van der Waals surface area contributed by atoms with E-state index in [9.17, 15) is 4.79 Å². The number of hydrogen-bond donors (Lipinski definition) is 2. The predicted octanol–water partition coefficient (Wildman–Crippen LogP) is 2.76. The summed E-state index contributed by atoms with van der Waals surface area (Å²) in [6.07, 6.45) is 5.67. The molecule has 1 aliphatic heterocycles. The number of aromatic nitrogens is 2. The maximum absolute atomic E-state index is 12.4. The summed E-state index contributed by atoms with van der Waals surface area (Å²) in [5.41, 5.74) is 8.80. The minimum Gasteiger partial charge on any atom is -0.381 e. The Kier molecular flexibility index (Phi) is 4.52. The maximum atomic E-state index is 12.4. The first-order valence-corrected chi connectivity index (χ1v) is 9.25. The van der Waals surface area contributed by atoms with E-state index in [0.717, 1.165) is 34.7 Å². The van der Waals surface area contributed by atoms with Gasteiger partial charge in [0.25, 0.3) is 0 Å². The second-order valence-electron chi connectivity index (χ2n) is 6.26. The van der Waals surface area contributed by atoms with E-state index < -0.39 is 6.04 Å². The van der Waals surface area contributed by atoms with Crippen LogP contribution in [0.5, 0.6) is 0 Å². The minimum absolute atomic E-state index is 0.137. The number of carbonyl (C=O) groups excluding carboxylic acids is 1. The van der Waals surface area contributed by atoms with Gasteiger partial charge in [0, 0.05) is 42.2 Å². The van der Waals surface area contributed by atoms with E-state index >= 15 is 0 Å². The molecule has 25 heavy (non-hydrogen) atoms. The van der Waals surface area contributed by atoms with Crippen molar-refractivity contribution < 1.29 is 9.53 Å². The summed E-state index contributed by atoms with van der Waals surface area (Å²) in [5.74, 6) is 0.0497. The summed E-state index contributed by atoms with van der Waals surface area (Å²) in [5, 5.41) is 4.92. The second kappa shape index (κ2) is 6.95. The molecule has 1 amide bonds. The Morgan fingerprint density at radius 1 is 1.32 bits per heavy atom. The van der Waals surface area contributed by atoms with Gasteiger partial charge in [-0.3, -0.25) is 9.20 Å². The Bertz CT molecular complexity index is 836. The number of hydrogen-bond acceptors (Lipinski definition) is 5. The van der Waals surface area contributed by atoms with Crippen LogP contribution in [0.4, 0.5) is 5.69 Å². The Balaban J connectivity index is 1.43. The van der Waals surface area contributed by atoms with Crippen LogP contribution in [0.1, 0.15) is 12.8 Å². The van der Waals surface area contributed by atoms with Crippen molar-refractivity contribution in [2.75, 3.05) is 18.5 Å². The summed E-state index contributed by atoms with van der Waals surface area (Å²) in [6.45, 7) is 1.37. The molecule has 4 rings (SSSR count). The number of nitrogens with two attached hydrogens (primary N) is 1. The Morgan fingerprint density at radius 3 is 2.80 bits per heavy atom. The van der Waals surface area contributed by atoms with Crippen LogP contribution in [-0.4, -0.2) is 34.5 Å². The normalized spacial score (nSPS) is 16.8. The molecular formula is C18H20N4O2S. The number of amides is 1. The topological polar surface area (TPSA) is 81.7 Å². The van der Waals surface area contributed by atoms with Gasteiger partial charge in [0.2, 0.25) is 5.91 Å². The van der Waals surface area contributed by atoms with E-state index in [0.29, 0.717) is 13.2 Å². The third-order valence-electron chi connectivity index (χ3n) is 4.62. The van der Waals surface area contributed by atoms with E-state index in [-0.39, 0.29) is 11.8 Å². The lowest BCUT2D eigenvalue weighted by molar-refractivity contribution is -0.119. The van der Waals surface area contributed by atoms with Crippen LogP contribution in [0.15, 0.2) is 42.0 Å². The van der Waals surface area contributed by atoms with E-state index in [1.807, 2.05) is 46.4 Å². The van der Waals surface area contributed by atoms with Crippen molar-refractivity contribution in [2.24, 2.45) is 11.7 Å². The molecule has 1 saturated heterocycles. The third-order valence-corrected chi connectivity index (χ3v) is 5.39. The number of imidazole rings is 1. The van der Waals surface area contributed by atoms with Crippen molar-refractivity contribution in [1.82, 2.24) is 9.38 Å².